The summed E-state index contributed by atoms with van der Waals surface area (Å²) in [5.74, 6) is -6.99. The third-order valence-corrected chi connectivity index (χ3v) is 6.10. The zero-order valence-corrected chi connectivity index (χ0v) is 20.6. The molecule has 0 saturated carbocycles. The van der Waals surface area contributed by atoms with Crippen LogP contribution < -0.4 is 10.2 Å². The van der Waals surface area contributed by atoms with Crippen LogP contribution >= 0.6 is 0 Å². The van der Waals surface area contributed by atoms with Gasteiger partial charge in [0.25, 0.3) is 5.91 Å². The minimum atomic E-state index is -4.04. The van der Waals surface area contributed by atoms with Crippen LogP contribution in [0.4, 0.5) is 20.2 Å². The van der Waals surface area contributed by atoms with Gasteiger partial charge in [0, 0.05) is 17.4 Å². The van der Waals surface area contributed by atoms with Gasteiger partial charge in [0.15, 0.2) is 0 Å². The van der Waals surface area contributed by atoms with Crippen molar-refractivity contribution in [3.63, 3.8) is 0 Å². The van der Waals surface area contributed by atoms with E-state index < -0.39 is 49.1 Å². The number of alkyl halides is 2. The van der Waals surface area contributed by atoms with Crippen LogP contribution in [0.5, 0.6) is 0 Å². The molecule has 0 spiro atoms. The van der Waals surface area contributed by atoms with E-state index in [4.69, 9.17) is 5.11 Å². The highest BCUT2D eigenvalue weighted by Crippen LogP contribution is 2.30. The minimum absolute atomic E-state index is 0.169. The lowest BCUT2D eigenvalue weighted by Gasteiger charge is -2.26. The number of halogens is 2. The second-order valence-electron chi connectivity index (χ2n) is 8.74. The predicted octanol–water partition coefficient (Wildman–Crippen LogP) is 3.42. The number of para-hydroxylation sites is 1. The largest absolute Gasteiger partial charge is 0.390 e. The number of fused-ring (bicyclic) bond motifs is 1. The Hall–Kier alpha value is -4.31. The van der Waals surface area contributed by atoms with Gasteiger partial charge in [0.2, 0.25) is 11.7 Å². The van der Waals surface area contributed by atoms with E-state index in [1.54, 1.807) is 54.7 Å². The molecule has 0 fully saturated rings. The van der Waals surface area contributed by atoms with Gasteiger partial charge in [-0.25, -0.2) is 0 Å². The zero-order chi connectivity index (χ0) is 27.3. The molecule has 10 heteroatoms. The normalized spacial score (nSPS) is 15.4. The molecule has 1 aliphatic rings. The first-order chi connectivity index (χ1) is 18.2. The van der Waals surface area contributed by atoms with Crippen molar-refractivity contribution in [2.45, 2.75) is 31.7 Å². The van der Waals surface area contributed by atoms with E-state index in [-0.39, 0.29) is 11.4 Å². The lowest BCUT2D eigenvalue weighted by Crippen LogP contribution is -2.47. The van der Waals surface area contributed by atoms with Crippen molar-refractivity contribution in [1.29, 1.82) is 0 Å². The van der Waals surface area contributed by atoms with Gasteiger partial charge in [-0.2, -0.15) is 8.78 Å². The quantitative estimate of drug-likeness (QED) is 0.449. The Morgan fingerprint density at radius 1 is 1.08 bits per heavy atom. The van der Waals surface area contributed by atoms with Crippen molar-refractivity contribution >= 4 is 34.7 Å². The molecule has 1 aliphatic heterocycles. The summed E-state index contributed by atoms with van der Waals surface area (Å²) in [6.07, 6.45) is 1.90. The molecule has 1 aromatic heterocycles. The van der Waals surface area contributed by atoms with E-state index >= 15 is 0 Å². The smallest absolute Gasteiger partial charge is 0.329 e. The van der Waals surface area contributed by atoms with Crippen molar-refractivity contribution in [3.05, 3.63) is 89.7 Å². The predicted molar refractivity (Wildman–Crippen MR) is 139 cm³/mol. The van der Waals surface area contributed by atoms with E-state index in [1.165, 1.54) is 6.07 Å². The van der Waals surface area contributed by atoms with Crippen molar-refractivity contribution in [2.24, 2.45) is 4.99 Å². The minimum Gasteiger partial charge on any atom is -0.390 e. The fourth-order valence-corrected chi connectivity index (χ4v) is 4.10. The van der Waals surface area contributed by atoms with Crippen LogP contribution in [-0.2, 0) is 20.8 Å². The van der Waals surface area contributed by atoms with Crippen LogP contribution in [0, 0.1) is 0 Å². The highest BCUT2D eigenvalue weighted by Gasteiger charge is 2.42. The number of aromatic nitrogens is 1. The lowest BCUT2D eigenvalue weighted by molar-refractivity contribution is -0.147. The van der Waals surface area contributed by atoms with Crippen molar-refractivity contribution in [3.8, 4) is 0 Å². The molecule has 38 heavy (non-hydrogen) atoms. The average Bonchev–Trinajstić information content (AvgIpc) is 3.04. The molecule has 0 bridgehead atoms. The third kappa shape index (κ3) is 5.81. The van der Waals surface area contributed by atoms with Gasteiger partial charge in [0.1, 0.15) is 12.6 Å². The number of carbonyl (C=O) groups is 3. The number of anilines is 2. The number of rotatable bonds is 9. The number of aliphatic hydroxyl groups excluding tert-OH is 1. The first-order valence-electron chi connectivity index (χ1n) is 12.0. The van der Waals surface area contributed by atoms with E-state index in [2.05, 4.69) is 15.3 Å². The molecule has 2 amide bonds. The van der Waals surface area contributed by atoms with Gasteiger partial charge < -0.3 is 15.3 Å². The van der Waals surface area contributed by atoms with Crippen molar-refractivity contribution in [2.75, 3.05) is 23.4 Å². The van der Waals surface area contributed by atoms with Gasteiger partial charge in [-0.15, -0.1) is 0 Å². The molecule has 3 aromatic rings. The van der Waals surface area contributed by atoms with Crippen LogP contribution in [-0.4, -0.2) is 58.5 Å². The molecule has 8 nitrogen and oxygen atoms in total. The highest BCUT2D eigenvalue weighted by atomic mass is 19.3. The molecule has 0 saturated heterocycles. The number of hydrogen-bond acceptors (Lipinski definition) is 6. The molecule has 4 rings (SSSR count). The molecule has 1 atom stereocenters. The van der Waals surface area contributed by atoms with E-state index in [0.29, 0.717) is 16.9 Å². The standard InChI is InChI=1S/C28H26F2N4O4/c1-2-18-8-7-9-19(14-18)32-25(37)15-22-27(38)34(16-24(36)28(29,30)17-35)23-12-4-3-10-20(23)26(33-22)21-11-5-6-13-31-21/h3-14,22,35H,2,15-17H2,1H3,(H,32,37). The fraction of sp³-hybridized carbons (Fsp3) is 0.250. The van der Waals surface area contributed by atoms with Gasteiger partial charge in [-0.3, -0.25) is 24.4 Å². The number of nitrogens with zero attached hydrogens (tertiary/aromatic N) is 3. The van der Waals surface area contributed by atoms with Gasteiger partial charge in [-0.1, -0.05) is 43.3 Å². The molecule has 2 N–H and O–H groups in total. The van der Waals surface area contributed by atoms with E-state index in [0.717, 1.165) is 16.9 Å². The van der Waals surface area contributed by atoms with E-state index in [9.17, 15) is 23.2 Å². The molecule has 0 radical (unpaired) electrons. The van der Waals surface area contributed by atoms with Crippen LogP contribution in [0.25, 0.3) is 0 Å². The third-order valence-electron chi connectivity index (χ3n) is 6.10. The number of aliphatic hydroxyl groups is 1. The van der Waals surface area contributed by atoms with Crippen LogP contribution in [0.2, 0.25) is 0 Å². The second kappa shape index (κ2) is 11.4. The maximum Gasteiger partial charge on any atom is 0.329 e. The second-order valence-corrected chi connectivity index (χ2v) is 8.74. The molecule has 2 aromatic carbocycles. The highest BCUT2D eigenvalue weighted by molar-refractivity contribution is 6.20. The number of pyridine rings is 1. The number of Topliss-reactive ketones (excluding diaryl/α,β-unsaturated/α-hetero) is 1. The zero-order valence-electron chi connectivity index (χ0n) is 20.6. The first kappa shape index (κ1) is 26.7. The molecular weight excluding hydrogens is 494 g/mol. The maximum absolute atomic E-state index is 14.0. The maximum atomic E-state index is 14.0. The molecule has 2 heterocycles. The summed E-state index contributed by atoms with van der Waals surface area (Å²) in [7, 11) is 0. The molecule has 1 unspecified atom stereocenters. The van der Waals surface area contributed by atoms with Crippen molar-refractivity contribution < 1.29 is 28.3 Å². The summed E-state index contributed by atoms with van der Waals surface area (Å²) >= 11 is 0. The number of aliphatic imine (C=N–C) groups is 1. The van der Waals surface area contributed by atoms with E-state index in [1.807, 2.05) is 19.1 Å². The summed E-state index contributed by atoms with van der Waals surface area (Å²) in [5, 5.41) is 11.7. The summed E-state index contributed by atoms with van der Waals surface area (Å²) in [6.45, 7) is -0.716. The Labute approximate surface area is 218 Å². The summed E-state index contributed by atoms with van der Waals surface area (Å²) in [4.78, 5) is 48.9. The number of ketones is 1. The number of benzodiazepines with no additional fused rings is 1. The molecular formula is C28H26F2N4O4. The topological polar surface area (TPSA) is 112 Å². The fourth-order valence-electron chi connectivity index (χ4n) is 4.10. The average molecular weight is 521 g/mol. The Kier molecular flexibility index (Phi) is 8.02. The molecule has 0 aliphatic carbocycles. The van der Waals surface area contributed by atoms with Gasteiger partial charge in [0.05, 0.1) is 30.1 Å². The Morgan fingerprint density at radius 2 is 1.84 bits per heavy atom. The molecule has 196 valence electrons. The SMILES string of the molecule is CCc1cccc(NC(=O)CC2N=C(c3ccccn3)c3ccccc3N(CC(=O)C(F)(F)CO)C2=O)c1. The van der Waals surface area contributed by atoms with Crippen molar-refractivity contribution in [1.82, 2.24) is 4.98 Å². The summed E-state index contributed by atoms with van der Waals surface area (Å²) in [5.41, 5.74) is 2.80. The van der Waals surface area contributed by atoms with Gasteiger partial charge in [-0.05, 0) is 42.3 Å². The Balaban J connectivity index is 1.74. The number of amides is 2. The Morgan fingerprint density at radius 3 is 2.55 bits per heavy atom. The van der Waals surface area contributed by atoms with Crippen LogP contribution in [0.15, 0.2) is 77.9 Å². The first-order valence-corrected chi connectivity index (χ1v) is 12.0. The lowest BCUT2D eigenvalue weighted by atomic mass is 10.0. The summed E-state index contributed by atoms with van der Waals surface area (Å²) < 4.78 is 28.0. The summed E-state index contributed by atoms with van der Waals surface area (Å²) in [6, 6.07) is 17.4. The number of carbonyl (C=O) groups excluding carboxylic acids is 3. The number of benzene rings is 2. The Bertz CT molecular complexity index is 1380. The number of hydrogen-bond donors (Lipinski definition) is 2. The number of aryl methyl sites for hydroxylation is 1. The van der Waals surface area contributed by atoms with Crippen LogP contribution in [0.1, 0.15) is 30.2 Å². The number of nitrogens with one attached hydrogen (secondary N) is 1. The monoisotopic (exact) mass is 520 g/mol. The van der Waals surface area contributed by atoms with Gasteiger partial charge >= 0.3 is 5.92 Å². The van der Waals surface area contributed by atoms with Crippen LogP contribution in [0.3, 0.4) is 0 Å².